The van der Waals surface area contributed by atoms with E-state index in [0.29, 0.717) is 12.8 Å². The minimum Gasteiger partial charge on any atom is -0.461 e. The van der Waals surface area contributed by atoms with Gasteiger partial charge in [-0.2, -0.15) is 0 Å². The summed E-state index contributed by atoms with van der Waals surface area (Å²) in [5, 5.41) is 12.0. The van der Waals surface area contributed by atoms with E-state index in [2.05, 4.69) is 11.9 Å². The van der Waals surface area contributed by atoms with Crippen LogP contribution in [0.2, 0.25) is 0 Å². The summed E-state index contributed by atoms with van der Waals surface area (Å²) in [5.41, 5.74) is 1.66. The number of hydrogen-bond acceptors (Lipinski definition) is 5. The van der Waals surface area contributed by atoms with Crippen LogP contribution in [-0.4, -0.2) is 35.1 Å². The summed E-state index contributed by atoms with van der Waals surface area (Å²) in [7, 11) is 0. The summed E-state index contributed by atoms with van der Waals surface area (Å²) in [5.74, 6) is -2.81. The number of hydrogen-bond donors (Lipinski definition) is 3. The van der Waals surface area contributed by atoms with E-state index in [1.807, 2.05) is 27.7 Å². The van der Waals surface area contributed by atoms with Crippen molar-refractivity contribution in [1.82, 2.24) is 10.8 Å². The Balaban J connectivity index is 3.01. The Morgan fingerprint density at radius 2 is 1.76 bits per heavy atom. The molecule has 2 amide bonds. The van der Waals surface area contributed by atoms with Crippen LogP contribution < -0.4 is 10.8 Å². The molecule has 0 saturated heterocycles. The van der Waals surface area contributed by atoms with Crippen LogP contribution >= 0.6 is 0 Å². The van der Waals surface area contributed by atoms with Crippen LogP contribution in [-0.2, 0) is 19.1 Å². The van der Waals surface area contributed by atoms with Crippen LogP contribution in [0.5, 0.6) is 0 Å². The number of ether oxygens (including phenoxy) is 1. The zero-order chi connectivity index (χ0) is 22.0. The molecule has 29 heavy (non-hydrogen) atoms. The van der Waals surface area contributed by atoms with Crippen molar-refractivity contribution in [3.8, 4) is 0 Å². The van der Waals surface area contributed by atoms with Gasteiger partial charge in [0.25, 0.3) is 0 Å². The molecule has 7 heteroatoms. The van der Waals surface area contributed by atoms with E-state index in [1.54, 1.807) is 11.6 Å². The van der Waals surface area contributed by atoms with Crippen molar-refractivity contribution in [2.45, 2.75) is 84.8 Å². The van der Waals surface area contributed by atoms with Crippen molar-refractivity contribution >= 4 is 17.8 Å². The molecule has 1 saturated carbocycles. The van der Waals surface area contributed by atoms with Crippen LogP contribution in [0, 0.1) is 23.7 Å². The first-order chi connectivity index (χ1) is 13.7. The summed E-state index contributed by atoms with van der Waals surface area (Å²) in [6.45, 7) is 11.4. The highest BCUT2D eigenvalue weighted by Gasteiger charge is 2.37. The minimum absolute atomic E-state index is 0.0777. The molecule has 1 rings (SSSR count). The second kappa shape index (κ2) is 12.6. The van der Waals surface area contributed by atoms with Gasteiger partial charge in [0.2, 0.25) is 11.8 Å². The average Bonchev–Trinajstić information content (AvgIpc) is 3.19. The molecule has 3 N–H and O–H groups in total. The fourth-order valence-corrected chi connectivity index (χ4v) is 3.85. The lowest BCUT2D eigenvalue weighted by atomic mass is 9.81. The molecule has 1 aliphatic rings. The van der Waals surface area contributed by atoms with Crippen LogP contribution in [0.3, 0.4) is 0 Å². The van der Waals surface area contributed by atoms with Crippen LogP contribution in [0.15, 0.2) is 12.7 Å². The monoisotopic (exact) mass is 410 g/mol. The largest absolute Gasteiger partial charge is 0.461 e. The van der Waals surface area contributed by atoms with Gasteiger partial charge in [0.05, 0.1) is 11.8 Å². The maximum atomic E-state index is 13.2. The quantitative estimate of drug-likeness (QED) is 0.198. The molecule has 0 aromatic carbocycles. The van der Waals surface area contributed by atoms with E-state index in [-0.39, 0.29) is 30.3 Å². The Morgan fingerprint density at radius 1 is 1.14 bits per heavy atom. The van der Waals surface area contributed by atoms with Crippen LogP contribution in [0.4, 0.5) is 0 Å². The Labute approximate surface area is 174 Å². The molecule has 166 valence electrons. The predicted molar refractivity (Wildman–Crippen MR) is 111 cm³/mol. The van der Waals surface area contributed by atoms with Gasteiger partial charge in [-0.1, -0.05) is 40.2 Å². The SMILES string of the molecule is C=CC[C@H](C(=O)NO)[C@@H](CC(C)C)C(=O)N[C@H](C(=O)OC1CCCC1)[C@@H](C)CC. The van der Waals surface area contributed by atoms with E-state index in [0.717, 1.165) is 25.7 Å². The maximum absolute atomic E-state index is 13.2. The number of allylic oxidation sites excluding steroid dienone is 1. The second-order valence-corrected chi connectivity index (χ2v) is 8.56. The molecular formula is C22H38N2O5. The number of carbonyl (C=O) groups excluding carboxylic acids is 3. The first-order valence-corrected chi connectivity index (χ1v) is 10.8. The van der Waals surface area contributed by atoms with Gasteiger partial charge in [-0.25, -0.2) is 10.3 Å². The van der Waals surface area contributed by atoms with Crippen molar-refractivity contribution in [2.75, 3.05) is 0 Å². The lowest BCUT2D eigenvalue weighted by Gasteiger charge is -2.29. The molecule has 4 atom stereocenters. The molecule has 0 spiro atoms. The number of hydroxylamine groups is 1. The summed E-state index contributed by atoms with van der Waals surface area (Å²) in [6.07, 6.45) is 6.70. The Kier molecular flexibility index (Phi) is 10.9. The third-order valence-electron chi connectivity index (χ3n) is 5.77. The van der Waals surface area contributed by atoms with Gasteiger partial charge in [0.15, 0.2) is 0 Å². The summed E-state index contributed by atoms with van der Waals surface area (Å²) in [6, 6.07) is -0.760. The Bertz CT molecular complexity index is 557. The van der Waals surface area contributed by atoms with E-state index >= 15 is 0 Å². The van der Waals surface area contributed by atoms with E-state index in [1.165, 1.54) is 0 Å². The zero-order valence-electron chi connectivity index (χ0n) is 18.3. The molecule has 0 heterocycles. The van der Waals surface area contributed by atoms with E-state index in [4.69, 9.17) is 9.94 Å². The first-order valence-electron chi connectivity index (χ1n) is 10.8. The number of carbonyl (C=O) groups is 3. The highest BCUT2D eigenvalue weighted by atomic mass is 16.5. The van der Waals surface area contributed by atoms with Gasteiger partial charge < -0.3 is 10.1 Å². The first kappa shape index (κ1) is 25.1. The molecule has 1 fully saturated rings. The zero-order valence-corrected chi connectivity index (χ0v) is 18.3. The molecule has 0 unspecified atom stereocenters. The molecule has 0 aromatic rings. The maximum Gasteiger partial charge on any atom is 0.329 e. The Hall–Kier alpha value is -1.89. The third kappa shape index (κ3) is 7.80. The molecule has 0 bridgehead atoms. The van der Waals surface area contributed by atoms with Gasteiger partial charge in [-0.15, -0.1) is 6.58 Å². The fraction of sp³-hybridized carbons (Fsp3) is 0.773. The number of nitrogens with one attached hydrogen (secondary N) is 2. The summed E-state index contributed by atoms with van der Waals surface area (Å²) >= 11 is 0. The molecule has 0 aromatic heterocycles. The summed E-state index contributed by atoms with van der Waals surface area (Å²) < 4.78 is 5.65. The number of amides is 2. The van der Waals surface area contributed by atoms with E-state index < -0.39 is 29.8 Å². The van der Waals surface area contributed by atoms with E-state index in [9.17, 15) is 14.4 Å². The minimum atomic E-state index is -0.761. The highest BCUT2D eigenvalue weighted by Crippen LogP contribution is 2.26. The van der Waals surface area contributed by atoms with Crippen molar-refractivity contribution in [1.29, 1.82) is 0 Å². The normalized spacial score (nSPS) is 18.6. The van der Waals surface area contributed by atoms with Gasteiger partial charge in [-0.3, -0.25) is 14.8 Å². The fourth-order valence-electron chi connectivity index (χ4n) is 3.85. The standard InChI is InChI=1S/C22H38N2O5/c1-6-10-17(21(26)24-28)18(13-14(3)4)20(25)23-19(15(5)7-2)22(27)29-16-11-8-9-12-16/h6,14-19,28H,1,7-13H2,2-5H3,(H,23,25)(H,24,26)/t15-,17-,18+,19-/m0/s1. The number of rotatable bonds is 12. The lowest BCUT2D eigenvalue weighted by Crippen LogP contribution is -2.51. The predicted octanol–water partition coefficient (Wildman–Crippen LogP) is 3.36. The smallest absolute Gasteiger partial charge is 0.329 e. The second-order valence-electron chi connectivity index (χ2n) is 8.56. The topological polar surface area (TPSA) is 105 Å². The summed E-state index contributed by atoms with van der Waals surface area (Å²) in [4.78, 5) is 38.2. The van der Waals surface area contributed by atoms with Crippen LogP contribution in [0.1, 0.15) is 72.6 Å². The van der Waals surface area contributed by atoms with Gasteiger partial charge in [-0.05, 0) is 50.4 Å². The molecular weight excluding hydrogens is 372 g/mol. The van der Waals surface area contributed by atoms with Crippen molar-refractivity contribution in [3.63, 3.8) is 0 Å². The van der Waals surface area contributed by atoms with Gasteiger partial charge in [0, 0.05) is 0 Å². The molecule has 7 nitrogen and oxygen atoms in total. The molecule has 1 aliphatic carbocycles. The Morgan fingerprint density at radius 3 is 2.24 bits per heavy atom. The molecule has 0 aliphatic heterocycles. The lowest BCUT2D eigenvalue weighted by molar-refractivity contribution is -0.155. The van der Waals surface area contributed by atoms with Gasteiger partial charge in [0.1, 0.15) is 12.1 Å². The van der Waals surface area contributed by atoms with Crippen molar-refractivity contribution in [2.24, 2.45) is 23.7 Å². The highest BCUT2D eigenvalue weighted by molar-refractivity contribution is 5.90. The number of esters is 1. The van der Waals surface area contributed by atoms with Gasteiger partial charge >= 0.3 is 5.97 Å². The third-order valence-corrected chi connectivity index (χ3v) is 5.77. The average molecular weight is 411 g/mol. The molecule has 0 radical (unpaired) electrons. The van der Waals surface area contributed by atoms with Crippen LogP contribution in [0.25, 0.3) is 0 Å². The van der Waals surface area contributed by atoms with Crippen molar-refractivity contribution in [3.05, 3.63) is 12.7 Å². The van der Waals surface area contributed by atoms with Crippen molar-refractivity contribution < 1.29 is 24.3 Å².